The number of hydrogen-bond donors (Lipinski definition) is 1. The lowest BCUT2D eigenvalue weighted by Gasteiger charge is -2.19. The van der Waals surface area contributed by atoms with Crippen LogP contribution < -0.4 is 4.74 Å². The third kappa shape index (κ3) is 4.82. The van der Waals surface area contributed by atoms with Crippen LogP contribution in [0.2, 0.25) is 0 Å². The van der Waals surface area contributed by atoms with Crippen molar-refractivity contribution >= 4 is 107 Å². The Morgan fingerprint density at radius 3 is 2.14 bits per heavy atom. The third-order valence-corrected chi connectivity index (χ3v) is 11.0. The predicted molar refractivity (Wildman–Crippen MR) is 185 cm³/mol. The topological polar surface area (TPSA) is 46.5 Å². The van der Waals surface area contributed by atoms with Gasteiger partial charge in [0.05, 0.1) is 13.6 Å². The Morgan fingerprint density at radius 1 is 0.762 bits per heavy atom. The van der Waals surface area contributed by atoms with Gasteiger partial charge in [0.25, 0.3) is 0 Å². The number of aliphatic carboxylic acids is 1. The van der Waals surface area contributed by atoms with Crippen LogP contribution in [0.5, 0.6) is 5.75 Å². The highest BCUT2D eigenvalue weighted by molar-refractivity contribution is 9.11. The molecule has 0 aliphatic heterocycles. The second-order valence-corrected chi connectivity index (χ2v) is 13.7. The van der Waals surface area contributed by atoms with Gasteiger partial charge in [-0.25, -0.2) is 4.79 Å². The minimum atomic E-state index is -1.06. The Kier molecular flexibility index (Phi) is 7.31. The number of hydrogen-bond acceptors (Lipinski definition) is 3. The summed E-state index contributed by atoms with van der Waals surface area (Å²) < 4.78 is 11.1. The van der Waals surface area contributed by atoms with Crippen LogP contribution >= 0.6 is 59.1 Å². The highest BCUT2D eigenvalue weighted by atomic mass is 79.9. The van der Waals surface area contributed by atoms with Crippen molar-refractivity contribution in [1.29, 1.82) is 0 Å². The second-order valence-electron chi connectivity index (χ2n) is 10.1. The molecule has 0 saturated carbocycles. The second kappa shape index (κ2) is 11.1. The molecule has 7 heteroatoms. The van der Waals surface area contributed by atoms with Crippen molar-refractivity contribution < 1.29 is 14.6 Å². The number of fused-ring (bicyclic) bond motifs is 5. The highest BCUT2D eigenvalue weighted by Crippen LogP contribution is 2.50. The van der Waals surface area contributed by atoms with Crippen LogP contribution in [0.1, 0.15) is 5.56 Å². The molecule has 0 amide bonds. The molecule has 1 unspecified atom stereocenters. The first-order valence-electron chi connectivity index (χ1n) is 13.3. The molecule has 7 aromatic rings. The van der Waals surface area contributed by atoms with Crippen molar-refractivity contribution in [3.63, 3.8) is 0 Å². The Morgan fingerprint density at radius 2 is 1.40 bits per heavy atom. The van der Waals surface area contributed by atoms with Crippen LogP contribution in [0.3, 0.4) is 0 Å². The fourth-order valence-electron chi connectivity index (χ4n) is 5.62. The smallest absolute Gasteiger partial charge is 0.345 e. The number of carboxylic acids is 1. The van der Waals surface area contributed by atoms with E-state index < -0.39 is 12.1 Å². The summed E-state index contributed by atoms with van der Waals surface area (Å²) in [6.45, 7) is 0. The number of thiophene rings is 1. The van der Waals surface area contributed by atoms with E-state index in [1.807, 2.05) is 54.6 Å². The van der Waals surface area contributed by atoms with Gasteiger partial charge in [0, 0.05) is 26.4 Å². The van der Waals surface area contributed by atoms with E-state index in [0.29, 0.717) is 14.7 Å². The molecular formula is C35H21Br3O3S. The van der Waals surface area contributed by atoms with E-state index in [2.05, 4.69) is 96.3 Å². The largest absolute Gasteiger partial charge is 0.478 e. The number of halogens is 3. The Hall–Kier alpha value is -3.23. The van der Waals surface area contributed by atoms with E-state index in [1.54, 1.807) is 11.3 Å². The number of rotatable bonds is 6. The van der Waals surface area contributed by atoms with E-state index >= 15 is 0 Å². The van der Waals surface area contributed by atoms with Crippen molar-refractivity contribution in [2.75, 3.05) is 0 Å². The molecule has 0 aliphatic rings. The molecule has 0 saturated heterocycles. The van der Waals surface area contributed by atoms with Crippen molar-refractivity contribution in [3.05, 3.63) is 122 Å². The summed E-state index contributed by atoms with van der Waals surface area (Å²) in [5.74, 6) is -0.559. The quantitative estimate of drug-likeness (QED) is 0.184. The van der Waals surface area contributed by atoms with Crippen LogP contribution in [0.15, 0.2) is 117 Å². The zero-order valence-corrected chi connectivity index (χ0v) is 27.5. The molecule has 0 aliphatic carbocycles. The highest BCUT2D eigenvalue weighted by Gasteiger charge is 2.25. The fraction of sp³-hybridized carbons (Fsp3) is 0.0571. The Bertz CT molecular complexity index is 2160. The minimum absolute atomic E-state index is 0.236. The molecule has 7 rings (SSSR count). The first-order chi connectivity index (χ1) is 20.4. The summed E-state index contributed by atoms with van der Waals surface area (Å²) in [6, 6.07) is 35.0. The van der Waals surface area contributed by atoms with Gasteiger partial charge in [0.1, 0.15) is 5.75 Å². The SMILES string of the molecule is O=C(O)C(Cc1ccc2ccccc2c1)Oc1c(Br)cc(-c2c3ccccc3c(Br)c3sc4ccccc4c23)cc1Br. The first-order valence-corrected chi connectivity index (χ1v) is 16.5. The Balaban J connectivity index is 1.33. The molecule has 0 fully saturated rings. The molecule has 206 valence electrons. The molecule has 1 N–H and O–H groups in total. The summed E-state index contributed by atoms with van der Waals surface area (Å²) in [7, 11) is 0. The van der Waals surface area contributed by atoms with E-state index in [-0.39, 0.29) is 6.42 Å². The van der Waals surface area contributed by atoms with Crippen LogP contribution in [0, 0.1) is 0 Å². The van der Waals surface area contributed by atoms with E-state index in [1.165, 1.54) is 20.2 Å². The maximum Gasteiger partial charge on any atom is 0.345 e. The van der Waals surface area contributed by atoms with Crippen LogP contribution in [0.25, 0.3) is 52.8 Å². The summed E-state index contributed by atoms with van der Waals surface area (Å²) in [5.41, 5.74) is 3.03. The summed E-state index contributed by atoms with van der Waals surface area (Å²) >= 11 is 13.1. The molecule has 1 heterocycles. The molecule has 0 radical (unpaired) electrons. The van der Waals surface area contributed by atoms with Crippen molar-refractivity contribution in [2.45, 2.75) is 12.5 Å². The van der Waals surface area contributed by atoms with Crippen molar-refractivity contribution in [2.24, 2.45) is 0 Å². The van der Waals surface area contributed by atoms with Gasteiger partial charge in [0.15, 0.2) is 6.10 Å². The van der Waals surface area contributed by atoms with Gasteiger partial charge < -0.3 is 9.84 Å². The zero-order chi connectivity index (χ0) is 29.0. The number of carbonyl (C=O) groups is 1. The maximum absolute atomic E-state index is 12.3. The maximum atomic E-state index is 12.3. The predicted octanol–water partition coefficient (Wildman–Crippen LogP) is 11.4. The first kappa shape index (κ1) is 27.6. The van der Waals surface area contributed by atoms with Crippen LogP contribution in [0.4, 0.5) is 0 Å². The lowest BCUT2D eigenvalue weighted by molar-refractivity contribution is -0.145. The number of ether oxygens (including phenoxy) is 1. The lowest BCUT2D eigenvalue weighted by atomic mass is 9.93. The van der Waals surface area contributed by atoms with E-state index in [4.69, 9.17) is 4.74 Å². The van der Waals surface area contributed by atoms with Gasteiger partial charge in [-0.2, -0.15) is 0 Å². The normalized spacial score (nSPS) is 12.4. The number of benzene rings is 6. The van der Waals surface area contributed by atoms with E-state index in [0.717, 1.165) is 42.7 Å². The molecule has 1 atom stereocenters. The van der Waals surface area contributed by atoms with Crippen molar-refractivity contribution in [3.8, 4) is 16.9 Å². The molecule has 0 spiro atoms. The lowest BCUT2D eigenvalue weighted by Crippen LogP contribution is -2.29. The summed E-state index contributed by atoms with van der Waals surface area (Å²) in [5, 5.41) is 16.9. The van der Waals surface area contributed by atoms with Crippen LogP contribution in [-0.2, 0) is 11.2 Å². The molecule has 42 heavy (non-hydrogen) atoms. The molecular weight excluding hydrogens is 740 g/mol. The molecule has 6 aromatic carbocycles. The van der Waals surface area contributed by atoms with Gasteiger partial charge >= 0.3 is 5.97 Å². The third-order valence-electron chi connectivity index (χ3n) is 7.54. The van der Waals surface area contributed by atoms with Gasteiger partial charge in [-0.1, -0.05) is 84.9 Å². The van der Waals surface area contributed by atoms with Crippen LogP contribution in [-0.4, -0.2) is 17.2 Å². The monoisotopic (exact) mass is 758 g/mol. The number of carboxylic acid groups (broad SMARTS) is 1. The average molecular weight is 761 g/mol. The van der Waals surface area contributed by atoms with Gasteiger partial charge in [-0.05, 0) is 104 Å². The molecule has 0 bridgehead atoms. The summed E-state index contributed by atoms with van der Waals surface area (Å²) in [4.78, 5) is 12.3. The summed E-state index contributed by atoms with van der Waals surface area (Å²) in [6.07, 6.45) is -0.828. The van der Waals surface area contributed by atoms with Gasteiger partial charge in [-0.3, -0.25) is 0 Å². The average Bonchev–Trinajstić information content (AvgIpc) is 3.38. The van der Waals surface area contributed by atoms with Crippen molar-refractivity contribution in [1.82, 2.24) is 0 Å². The standard InChI is InChI=1S/C35H21Br3O3S/c36-26-17-22(30-23-9-3-4-10-24(23)32(38)34-31(30)25-11-5-6-12-29(25)42-34)18-27(37)33(26)41-28(35(39)40)16-19-13-14-20-7-1-2-8-21(20)15-19/h1-15,17-18,28H,16H2,(H,39,40). The minimum Gasteiger partial charge on any atom is -0.478 e. The zero-order valence-electron chi connectivity index (χ0n) is 21.9. The molecule has 1 aromatic heterocycles. The van der Waals surface area contributed by atoms with Gasteiger partial charge in [-0.15, -0.1) is 11.3 Å². The Labute approximate surface area is 271 Å². The van der Waals surface area contributed by atoms with Gasteiger partial charge in [0.2, 0.25) is 0 Å². The molecule has 3 nitrogen and oxygen atoms in total. The van der Waals surface area contributed by atoms with E-state index in [9.17, 15) is 9.90 Å². The fourth-order valence-corrected chi connectivity index (χ4v) is 8.94.